The van der Waals surface area contributed by atoms with Gasteiger partial charge in [-0.05, 0) is 36.3 Å². The highest BCUT2D eigenvalue weighted by atomic mass is 28.4. The molecule has 4 atom stereocenters. The topological polar surface area (TPSA) is 82.5 Å². The van der Waals surface area contributed by atoms with Gasteiger partial charge in [-0.3, -0.25) is 14.3 Å². The monoisotopic (exact) mass is 524 g/mol. The maximum Gasteiger partial charge on any atom is 0.330 e. The van der Waals surface area contributed by atoms with Crippen molar-refractivity contribution in [2.45, 2.75) is 102 Å². The van der Waals surface area contributed by atoms with E-state index in [1.807, 2.05) is 67.7 Å². The fourth-order valence-electron chi connectivity index (χ4n) is 3.12. The highest BCUT2D eigenvalue weighted by Crippen LogP contribution is 2.47. The van der Waals surface area contributed by atoms with Gasteiger partial charge in [0.2, 0.25) is 5.82 Å². The first kappa shape index (κ1) is 29.0. The van der Waals surface area contributed by atoms with Crippen LogP contribution in [0.15, 0.2) is 15.8 Å². The summed E-state index contributed by atoms with van der Waals surface area (Å²) in [4.78, 5) is 25.6. The molecule has 7 nitrogen and oxygen atoms in total. The van der Waals surface area contributed by atoms with Crippen molar-refractivity contribution in [2.24, 2.45) is 0 Å². The molecule has 1 aromatic heterocycles. The second kappa shape index (κ2) is 9.34. The van der Waals surface area contributed by atoms with Crippen LogP contribution in [0.5, 0.6) is 0 Å². The Bertz CT molecular complexity index is 1000. The molecule has 0 bridgehead atoms. The Hall–Kier alpha value is -1.22. The molecule has 0 spiro atoms. The number of H-pyrrole nitrogens is 1. The number of ether oxygens (including phenoxy) is 1. The number of rotatable bonds is 7. The number of aromatic amines is 1. The van der Waals surface area contributed by atoms with Crippen LogP contribution in [-0.4, -0.2) is 57.3 Å². The maximum absolute atomic E-state index is 16.0. The first-order valence-electron chi connectivity index (χ1n) is 11.4. The Balaban J connectivity index is 2.58. The third kappa shape index (κ3) is 5.45. The average molecular weight is 525 g/mol. The normalized spacial score (nSPS) is 26.8. The molecule has 2 heterocycles. The van der Waals surface area contributed by atoms with E-state index in [9.17, 15) is 18.4 Å². The molecule has 1 saturated heterocycles. The minimum absolute atomic E-state index is 0.202. The second-order valence-corrected chi connectivity index (χ2v) is 21.7. The molecule has 12 heteroatoms. The molecule has 0 radical (unpaired) electrons. The van der Waals surface area contributed by atoms with E-state index in [1.54, 1.807) is 4.98 Å². The summed E-state index contributed by atoms with van der Waals surface area (Å²) in [6, 6.07) is 0. The lowest BCUT2D eigenvalue weighted by Crippen LogP contribution is -2.57. The number of hydrogen-bond donors (Lipinski definition) is 1. The Morgan fingerprint density at radius 3 is 2.09 bits per heavy atom. The van der Waals surface area contributed by atoms with Crippen LogP contribution in [0.1, 0.15) is 47.8 Å². The van der Waals surface area contributed by atoms with Crippen molar-refractivity contribution in [2.75, 3.05) is 13.3 Å². The van der Waals surface area contributed by atoms with Crippen molar-refractivity contribution in [3.8, 4) is 0 Å². The molecule has 1 aliphatic rings. The Morgan fingerprint density at radius 1 is 1.09 bits per heavy atom. The largest absolute Gasteiger partial charge is 0.414 e. The summed E-state index contributed by atoms with van der Waals surface area (Å²) in [5.74, 6) is -1.28. The lowest BCUT2D eigenvalue weighted by atomic mass is 9.98. The van der Waals surface area contributed by atoms with Gasteiger partial charge in [0.25, 0.3) is 5.56 Å². The first-order valence-corrected chi connectivity index (χ1v) is 17.2. The highest BCUT2D eigenvalue weighted by Gasteiger charge is 2.61. The molecule has 1 fully saturated rings. The average Bonchev–Trinajstić information content (AvgIpc) is 2.94. The van der Waals surface area contributed by atoms with Crippen LogP contribution < -0.4 is 11.2 Å². The maximum atomic E-state index is 16.0. The Kier molecular flexibility index (Phi) is 7.97. The minimum Gasteiger partial charge on any atom is -0.414 e. The minimum atomic E-state index is -2.64. The quantitative estimate of drug-likeness (QED) is 0.525. The van der Waals surface area contributed by atoms with Crippen LogP contribution in [-0.2, 0) is 13.6 Å². The van der Waals surface area contributed by atoms with Crippen LogP contribution >= 0.6 is 0 Å². The number of nitrogens with zero attached hydrogens (tertiary/aromatic N) is 1. The third-order valence-electron chi connectivity index (χ3n) is 7.57. The zero-order valence-corrected chi connectivity index (χ0v) is 23.8. The van der Waals surface area contributed by atoms with E-state index < -0.39 is 64.5 Å². The number of halogens is 3. The summed E-state index contributed by atoms with van der Waals surface area (Å²) in [5.41, 5.74) is -4.16. The summed E-state index contributed by atoms with van der Waals surface area (Å²) in [5, 5.41) is -0.527. The van der Waals surface area contributed by atoms with E-state index in [1.165, 1.54) is 0 Å². The van der Waals surface area contributed by atoms with Crippen molar-refractivity contribution >= 4 is 16.6 Å². The zero-order valence-electron chi connectivity index (χ0n) is 21.8. The fourth-order valence-corrected chi connectivity index (χ4v) is 5.49. The zero-order chi connectivity index (χ0) is 26.5. The number of hydrogen-bond acceptors (Lipinski definition) is 5. The molecular weight excluding hydrogens is 485 g/mol. The van der Waals surface area contributed by atoms with Crippen molar-refractivity contribution in [1.82, 2.24) is 9.55 Å². The van der Waals surface area contributed by atoms with Gasteiger partial charge in [0.1, 0.15) is 18.4 Å². The van der Waals surface area contributed by atoms with E-state index in [0.717, 1.165) is 0 Å². The molecule has 1 aromatic rings. The highest BCUT2D eigenvalue weighted by molar-refractivity contribution is 6.74. The summed E-state index contributed by atoms with van der Waals surface area (Å²) in [7, 11) is -5.04. The Labute approximate surface area is 201 Å². The number of aromatic nitrogens is 2. The molecule has 196 valence electrons. The van der Waals surface area contributed by atoms with Crippen molar-refractivity contribution < 1.29 is 26.8 Å². The predicted molar refractivity (Wildman–Crippen MR) is 130 cm³/mol. The van der Waals surface area contributed by atoms with E-state index in [-0.39, 0.29) is 16.7 Å². The van der Waals surface area contributed by atoms with Crippen LogP contribution in [0.4, 0.5) is 13.2 Å². The molecule has 0 saturated carbocycles. The van der Waals surface area contributed by atoms with Crippen molar-refractivity contribution in [3.05, 3.63) is 32.9 Å². The first-order chi connectivity index (χ1) is 15.2. The molecular formula is C22H39F3N2O5Si2. The van der Waals surface area contributed by atoms with Crippen LogP contribution in [0.25, 0.3) is 0 Å². The molecule has 0 aromatic carbocycles. The number of nitrogens with one attached hydrogen (secondary N) is 1. The molecule has 1 N–H and O–H groups in total. The van der Waals surface area contributed by atoms with Gasteiger partial charge in [-0.25, -0.2) is 13.6 Å². The van der Waals surface area contributed by atoms with Gasteiger partial charge in [-0.15, -0.1) is 0 Å². The smallest absolute Gasteiger partial charge is 0.330 e. The summed E-state index contributed by atoms with van der Waals surface area (Å²) in [6.07, 6.45) is -4.55. The fraction of sp³-hybridized carbons (Fsp3) is 0.818. The van der Waals surface area contributed by atoms with Crippen LogP contribution in [0.2, 0.25) is 36.3 Å². The van der Waals surface area contributed by atoms with E-state index >= 15 is 4.39 Å². The summed E-state index contributed by atoms with van der Waals surface area (Å²) in [6.45, 7) is 18.3. The van der Waals surface area contributed by atoms with Gasteiger partial charge in [0.05, 0.1) is 12.8 Å². The predicted octanol–water partition coefficient (Wildman–Crippen LogP) is 4.66. The van der Waals surface area contributed by atoms with Gasteiger partial charge in [0.15, 0.2) is 29.0 Å². The van der Waals surface area contributed by atoms with Crippen molar-refractivity contribution in [1.29, 1.82) is 0 Å². The SMILES string of the molecule is CC(C)(C)[Si](C)(C)OC[C@@]1(CF)O[C@@H](n2cc(F)c(=O)[nH]c2=O)[C@@H](F)[C@H]1O[Si](C)(C)C(C)(C)C. The third-order valence-corrected chi connectivity index (χ3v) is 16.5. The summed E-state index contributed by atoms with van der Waals surface area (Å²) < 4.78 is 63.8. The van der Waals surface area contributed by atoms with E-state index in [2.05, 4.69) is 0 Å². The summed E-state index contributed by atoms with van der Waals surface area (Å²) >= 11 is 0. The van der Waals surface area contributed by atoms with Crippen molar-refractivity contribution in [3.63, 3.8) is 0 Å². The van der Waals surface area contributed by atoms with Gasteiger partial charge in [-0.2, -0.15) is 4.39 Å². The van der Waals surface area contributed by atoms with Gasteiger partial charge in [-0.1, -0.05) is 41.5 Å². The molecule has 0 amide bonds. The van der Waals surface area contributed by atoms with Crippen LogP contribution in [0.3, 0.4) is 0 Å². The lowest BCUT2D eigenvalue weighted by Gasteiger charge is -2.44. The molecule has 34 heavy (non-hydrogen) atoms. The standard InChI is InChI=1S/C22H39F3N2O5Si2/c1-20(2,3)33(7,8)30-13-22(12-23)16(32-34(9,10)21(4,5)6)15(25)18(31-22)27-11-14(24)17(28)26-19(27)29/h11,15-16,18H,12-13H2,1-10H3,(H,26,28,29)/t15-,16+,18+,22+/m0/s1. The lowest BCUT2D eigenvalue weighted by molar-refractivity contribution is -0.133. The van der Waals surface area contributed by atoms with E-state index in [0.29, 0.717) is 10.8 Å². The van der Waals surface area contributed by atoms with E-state index in [4.69, 9.17) is 13.6 Å². The molecule has 2 rings (SSSR count). The van der Waals surface area contributed by atoms with Gasteiger partial charge < -0.3 is 13.6 Å². The number of alkyl halides is 2. The second-order valence-electron chi connectivity index (χ2n) is 12.1. The van der Waals surface area contributed by atoms with Crippen LogP contribution in [0, 0.1) is 5.82 Å². The van der Waals surface area contributed by atoms with Gasteiger partial charge in [0, 0.05) is 0 Å². The molecule has 1 aliphatic heterocycles. The molecule has 0 unspecified atom stereocenters. The molecule has 0 aliphatic carbocycles. The Morgan fingerprint density at radius 2 is 1.62 bits per heavy atom. The van der Waals surface area contributed by atoms with Gasteiger partial charge >= 0.3 is 5.69 Å².